The fourth-order valence-electron chi connectivity index (χ4n) is 1.90. The summed E-state index contributed by atoms with van der Waals surface area (Å²) in [6.07, 6.45) is 3.75. The van der Waals surface area contributed by atoms with Gasteiger partial charge in [0, 0.05) is 4.47 Å². The fourth-order valence-corrected chi connectivity index (χ4v) is 2.26. The lowest BCUT2D eigenvalue weighted by Gasteiger charge is -2.27. The van der Waals surface area contributed by atoms with Crippen molar-refractivity contribution < 1.29 is 9.26 Å². The van der Waals surface area contributed by atoms with Crippen molar-refractivity contribution in [2.24, 2.45) is 5.73 Å². The number of hydrogen-bond acceptors (Lipinski definition) is 5. The van der Waals surface area contributed by atoms with Crippen LogP contribution in [0.1, 0.15) is 25.2 Å². The van der Waals surface area contributed by atoms with Crippen molar-refractivity contribution in [2.45, 2.75) is 31.9 Å². The first-order valence-electron chi connectivity index (χ1n) is 6.25. The molecule has 0 unspecified atom stereocenters. The van der Waals surface area contributed by atoms with Crippen LogP contribution in [0.15, 0.2) is 27.2 Å². The highest BCUT2D eigenvalue weighted by Gasteiger charge is 2.22. The van der Waals surface area contributed by atoms with Gasteiger partial charge in [0.05, 0.1) is 18.2 Å². The molecule has 0 atom stereocenters. The van der Waals surface area contributed by atoms with E-state index in [2.05, 4.69) is 26.1 Å². The van der Waals surface area contributed by atoms with Crippen LogP contribution in [0.25, 0.3) is 11.4 Å². The maximum absolute atomic E-state index is 5.96. The number of aromatic nitrogens is 2. The Hall–Kier alpha value is -1.40. The van der Waals surface area contributed by atoms with E-state index in [1.807, 2.05) is 18.2 Å². The summed E-state index contributed by atoms with van der Waals surface area (Å²) in [4.78, 5) is 4.25. The summed E-state index contributed by atoms with van der Waals surface area (Å²) in [6.45, 7) is 0.236. The second-order valence-corrected chi connectivity index (χ2v) is 5.44. The molecule has 1 aromatic carbocycles. The van der Waals surface area contributed by atoms with Gasteiger partial charge in [-0.05, 0) is 37.5 Å². The zero-order valence-electron chi connectivity index (χ0n) is 10.3. The molecule has 1 heterocycles. The highest BCUT2D eigenvalue weighted by Crippen LogP contribution is 2.34. The first-order valence-corrected chi connectivity index (χ1v) is 7.05. The summed E-state index contributed by atoms with van der Waals surface area (Å²) in [6, 6.07) is 5.80. The van der Waals surface area contributed by atoms with Gasteiger partial charge in [0.25, 0.3) is 0 Å². The minimum atomic E-state index is 0.236. The molecule has 0 saturated heterocycles. The molecule has 0 radical (unpaired) electrons. The van der Waals surface area contributed by atoms with Crippen LogP contribution in [0.2, 0.25) is 0 Å². The predicted molar refractivity (Wildman–Crippen MR) is 73.6 cm³/mol. The minimum Gasteiger partial charge on any atom is -0.490 e. The quantitative estimate of drug-likeness (QED) is 0.936. The second-order valence-electron chi connectivity index (χ2n) is 4.53. The number of hydrogen-bond donors (Lipinski definition) is 1. The Labute approximate surface area is 119 Å². The van der Waals surface area contributed by atoms with E-state index in [9.17, 15) is 0 Å². The van der Waals surface area contributed by atoms with Gasteiger partial charge in [0.15, 0.2) is 0 Å². The third kappa shape index (κ3) is 2.64. The van der Waals surface area contributed by atoms with Crippen LogP contribution in [-0.2, 0) is 6.54 Å². The van der Waals surface area contributed by atoms with E-state index in [1.54, 1.807) is 0 Å². The SMILES string of the molecule is NCc1nc(-c2cc(Br)ccc2OC2CCC2)no1. The van der Waals surface area contributed by atoms with Crippen molar-refractivity contribution in [1.82, 2.24) is 10.1 Å². The molecule has 0 amide bonds. The van der Waals surface area contributed by atoms with Crippen molar-refractivity contribution in [2.75, 3.05) is 0 Å². The lowest BCUT2D eigenvalue weighted by molar-refractivity contribution is 0.121. The molecule has 0 spiro atoms. The summed E-state index contributed by atoms with van der Waals surface area (Å²) >= 11 is 3.45. The van der Waals surface area contributed by atoms with Crippen molar-refractivity contribution in [1.29, 1.82) is 0 Å². The zero-order valence-corrected chi connectivity index (χ0v) is 11.9. The molecule has 3 rings (SSSR count). The molecule has 1 aromatic heterocycles. The molecule has 0 aliphatic heterocycles. The minimum absolute atomic E-state index is 0.236. The third-order valence-electron chi connectivity index (χ3n) is 3.17. The van der Waals surface area contributed by atoms with Gasteiger partial charge in [0.1, 0.15) is 5.75 Å². The van der Waals surface area contributed by atoms with E-state index in [1.165, 1.54) is 6.42 Å². The number of rotatable bonds is 4. The van der Waals surface area contributed by atoms with E-state index >= 15 is 0 Å². The zero-order chi connectivity index (χ0) is 13.2. The lowest BCUT2D eigenvalue weighted by Crippen LogP contribution is -2.24. The van der Waals surface area contributed by atoms with Crippen LogP contribution in [0.3, 0.4) is 0 Å². The smallest absolute Gasteiger partial charge is 0.240 e. The van der Waals surface area contributed by atoms with Gasteiger partial charge in [-0.2, -0.15) is 4.98 Å². The fraction of sp³-hybridized carbons (Fsp3) is 0.385. The molecule has 6 heteroatoms. The van der Waals surface area contributed by atoms with E-state index in [4.69, 9.17) is 15.0 Å². The Kier molecular flexibility index (Phi) is 3.52. The average Bonchev–Trinajstić information content (AvgIpc) is 2.83. The van der Waals surface area contributed by atoms with Gasteiger partial charge in [-0.3, -0.25) is 0 Å². The number of ether oxygens (including phenoxy) is 1. The summed E-state index contributed by atoms with van der Waals surface area (Å²) < 4.78 is 12.0. The van der Waals surface area contributed by atoms with E-state index in [-0.39, 0.29) is 6.54 Å². The van der Waals surface area contributed by atoms with Crippen LogP contribution < -0.4 is 10.5 Å². The first-order chi connectivity index (χ1) is 9.26. The van der Waals surface area contributed by atoms with Gasteiger partial charge in [-0.15, -0.1) is 0 Å². The topological polar surface area (TPSA) is 74.2 Å². The molecule has 0 bridgehead atoms. The third-order valence-corrected chi connectivity index (χ3v) is 3.66. The Morgan fingerprint density at radius 3 is 2.89 bits per heavy atom. The Morgan fingerprint density at radius 1 is 1.42 bits per heavy atom. The van der Waals surface area contributed by atoms with Crippen LogP contribution >= 0.6 is 15.9 Å². The van der Waals surface area contributed by atoms with Gasteiger partial charge in [-0.25, -0.2) is 0 Å². The molecule has 2 aromatic rings. The summed E-state index contributed by atoms with van der Waals surface area (Å²) in [5.41, 5.74) is 6.31. The lowest BCUT2D eigenvalue weighted by atomic mass is 9.96. The van der Waals surface area contributed by atoms with Gasteiger partial charge >= 0.3 is 0 Å². The highest BCUT2D eigenvalue weighted by molar-refractivity contribution is 9.10. The maximum Gasteiger partial charge on any atom is 0.240 e. The van der Waals surface area contributed by atoms with Crippen LogP contribution in [0, 0.1) is 0 Å². The molecular weight excluding hydrogens is 310 g/mol. The van der Waals surface area contributed by atoms with E-state index in [0.29, 0.717) is 17.8 Å². The molecule has 1 saturated carbocycles. The van der Waals surface area contributed by atoms with Crippen molar-refractivity contribution in [3.63, 3.8) is 0 Å². The number of benzene rings is 1. The van der Waals surface area contributed by atoms with Gasteiger partial charge < -0.3 is 15.0 Å². The monoisotopic (exact) mass is 323 g/mol. The summed E-state index contributed by atoms with van der Waals surface area (Å²) in [7, 11) is 0. The van der Waals surface area contributed by atoms with Gasteiger partial charge in [-0.1, -0.05) is 21.1 Å². The molecule has 2 N–H and O–H groups in total. The van der Waals surface area contributed by atoms with Crippen molar-refractivity contribution >= 4 is 15.9 Å². The standard InChI is InChI=1S/C13H14BrN3O2/c14-8-4-5-11(18-9-2-1-3-9)10(6-8)13-16-12(7-15)19-17-13/h4-6,9H,1-3,7,15H2. The molecule has 19 heavy (non-hydrogen) atoms. The van der Waals surface area contributed by atoms with Crippen molar-refractivity contribution in [3.05, 3.63) is 28.6 Å². The van der Waals surface area contributed by atoms with Crippen LogP contribution in [0.4, 0.5) is 0 Å². The first kappa shape index (κ1) is 12.6. The number of nitrogens with two attached hydrogens (primary N) is 1. The maximum atomic E-state index is 5.96. The molecule has 1 aliphatic rings. The Bertz CT molecular complexity index is 581. The molecule has 1 aliphatic carbocycles. The Balaban J connectivity index is 1.94. The highest BCUT2D eigenvalue weighted by atomic mass is 79.9. The molecule has 1 fully saturated rings. The van der Waals surface area contributed by atoms with Crippen molar-refractivity contribution in [3.8, 4) is 17.1 Å². The van der Waals surface area contributed by atoms with Gasteiger partial charge in [0.2, 0.25) is 11.7 Å². The average molecular weight is 324 g/mol. The summed E-state index contributed by atoms with van der Waals surface area (Å²) in [5, 5.41) is 3.94. The number of nitrogens with zero attached hydrogens (tertiary/aromatic N) is 2. The summed E-state index contributed by atoms with van der Waals surface area (Å²) in [5.74, 6) is 1.72. The van der Waals surface area contributed by atoms with Crippen LogP contribution in [-0.4, -0.2) is 16.2 Å². The second kappa shape index (κ2) is 5.30. The molecule has 5 nitrogen and oxygen atoms in total. The van der Waals surface area contributed by atoms with E-state index < -0.39 is 0 Å². The van der Waals surface area contributed by atoms with Crippen LogP contribution in [0.5, 0.6) is 5.75 Å². The largest absolute Gasteiger partial charge is 0.490 e. The normalized spacial score (nSPS) is 15.3. The predicted octanol–water partition coefficient (Wildman–Crippen LogP) is 2.89. The van der Waals surface area contributed by atoms with E-state index in [0.717, 1.165) is 28.6 Å². The Morgan fingerprint density at radius 2 is 2.26 bits per heavy atom. The molecular formula is C13H14BrN3O2. The number of halogens is 1. The molecule has 100 valence electrons.